The Kier molecular flexibility index (Phi) is 3.68. The first-order valence-corrected chi connectivity index (χ1v) is 6.56. The summed E-state index contributed by atoms with van der Waals surface area (Å²) >= 11 is 8.12. The average Bonchev–Trinajstić information content (AvgIpc) is 2.32. The van der Waals surface area contributed by atoms with Gasteiger partial charge in [-0.2, -0.15) is 0 Å². The number of benzene rings is 1. The fraction of sp³-hybridized carbons (Fsp3) is 0.0909. The van der Waals surface area contributed by atoms with Gasteiger partial charge >= 0.3 is 6.16 Å². The molecule has 0 bridgehead atoms. The molecule has 0 saturated carbocycles. The van der Waals surface area contributed by atoms with Crippen LogP contribution in [0.15, 0.2) is 24.4 Å². The number of ether oxygens (including phenoxy) is 1. The van der Waals surface area contributed by atoms with Crippen molar-refractivity contribution in [3.05, 3.63) is 35.0 Å². The number of halogens is 2. The highest BCUT2D eigenvalue weighted by Crippen LogP contribution is 2.32. The molecule has 0 amide bonds. The lowest BCUT2D eigenvalue weighted by atomic mass is 10.1. The van der Waals surface area contributed by atoms with E-state index in [1.165, 1.54) is 0 Å². The van der Waals surface area contributed by atoms with Crippen LogP contribution in [0.25, 0.3) is 10.9 Å². The van der Waals surface area contributed by atoms with Crippen LogP contribution in [0.3, 0.4) is 0 Å². The first-order chi connectivity index (χ1) is 8.11. The van der Waals surface area contributed by atoms with E-state index in [9.17, 15) is 4.79 Å². The molecular weight excluding hydrogens is 356 g/mol. The maximum Gasteiger partial charge on any atom is 0.511 e. The summed E-state index contributed by atoms with van der Waals surface area (Å²) in [5.41, 5.74) is 1.51. The Hall–Kier alpha value is -1.08. The van der Waals surface area contributed by atoms with Gasteiger partial charge in [-0.05, 0) is 17.7 Å². The summed E-state index contributed by atoms with van der Waals surface area (Å²) in [6.07, 6.45) is 0.277. The quantitative estimate of drug-likeness (QED) is 0.381. The Balaban J connectivity index is 2.64. The fourth-order valence-corrected chi connectivity index (χ4v) is 2.06. The smallest absolute Gasteiger partial charge is 0.449 e. The van der Waals surface area contributed by atoms with E-state index in [4.69, 9.17) is 16.7 Å². The van der Waals surface area contributed by atoms with E-state index in [0.717, 1.165) is 15.4 Å². The molecule has 0 spiro atoms. The molecule has 0 aliphatic heterocycles. The normalized spacial score (nSPS) is 10.5. The van der Waals surface area contributed by atoms with Crippen LogP contribution < -0.4 is 4.74 Å². The summed E-state index contributed by atoms with van der Waals surface area (Å²) < 4.78 is 5.48. The number of hydrogen-bond donors (Lipinski definition) is 1. The zero-order valence-corrected chi connectivity index (χ0v) is 11.4. The lowest BCUT2D eigenvalue weighted by Gasteiger charge is -2.07. The Morgan fingerprint density at radius 1 is 1.53 bits per heavy atom. The molecule has 1 heterocycles. The Morgan fingerprint density at radius 3 is 2.94 bits per heavy atom. The zero-order chi connectivity index (χ0) is 12.4. The molecule has 17 heavy (non-hydrogen) atoms. The molecule has 0 fully saturated rings. The topological polar surface area (TPSA) is 59.4 Å². The molecule has 1 aromatic carbocycles. The SMILES string of the molecule is O=C(O)Oc1c(Cl)ccc2cc(CI)cnc12. The molecule has 4 nitrogen and oxygen atoms in total. The number of alkyl halides is 1. The van der Waals surface area contributed by atoms with E-state index >= 15 is 0 Å². The first kappa shape index (κ1) is 12.4. The van der Waals surface area contributed by atoms with Gasteiger partial charge in [-0.15, -0.1) is 0 Å². The zero-order valence-electron chi connectivity index (χ0n) is 8.48. The second-order valence-electron chi connectivity index (χ2n) is 3.29. The van der Waals surface area contributed by atoms with Gasteiger partial charge in [0.15, 0.2) is 5.75 Å². The molecule has 0 aliphatic rings. The number of fused-ring (bicyclic) bond motifs is 1. The van der Waals surface area contributed by atoms with Gasteiger partial charge in [-0.25, -0.2) is 4.79 Å². The number of pyridine rings is 1. The van der Waals surface area contributed by atoms with Crippen LogP contribution in [-0.4, -0.2) is 16.2 Å². The lowest BCUT2D eigenvalue weighted by Crippen LogP contribution is -2.04. The number of aromatic nitrogens is 1. The van der Waals surface area contributed by atoms with Crippen LogP contribution in [0.4, 0.5) is 4.79 Å². The third-order valence-corrected chi connectivity index (χ3v) is 3.34. The summed E-state index contributed by atoms with van der Waals surface area (Å²) in [5.74, 6) is 0.0803. The standard InChI is InChI=1S/C11H7ClINO3/c12-8-2-1-7-3-6(4-13)5-14-9(7)10(8)17-11(15)16/h1-3,5H,4H2,(H,15,16). The molecule has 2 aromatic rings. The highest BCUT2D eigenvalue weighted by atomic mass is 127. The molecule has 88 valence electrons. The predicted octanol–water partition coefficient (Wildman–Crippen LogP) is 3.88. The summed E-state index contributed by atoms with van der Waals surface area (Å²) in [4.78, 5) is 14.8. The van der Waals surface area contributed by atoms with Crippen molar-refractivity contribution >= 4 is 51.3 Å². The van der Waals surface area contributed by atoms with Crippen LogP contribution in [0, 0.1) is 0 Å². The minimum Gasteiger partial charge on any atom is -0.449 e. The van der Waals surface area contributed by atoms with Crippen molar-refractivity contribution in [3.63, 3.8) is 0 Å². The van der Waals surface area contributed by atoms with E-state index < -0.39 is 6.16 Å². The van der Waals surface area contributed by atoms with Gasteiger partial charge in [-0.1, -0.05) is 40.3 Å². The molecule has 0 atom stereocenters. The number of rotatable bonds is 2. The van der Waals surface area contributed by atoms with Crippen molar-refractivity contribution < 1.29 is 14.6 Å². The van der Waals surface area contributed by atoms with Crippen molar-refractivity contribution in [2.75, 3.05) is 0 Å². The van der Waals surface area contributed by atoms with Gasteiger partial charge in [-0.3, -0.25) is 4.98 Å². The molecule has 1 aromatic heterocycles. The molecule has 0 radical (unpaired) electrons. The second-order valence-corrected chi connectivity index (χ2v) is 4.46. The molecule has 0 unspecified atom stereocenters. The molecule has 6 heteroatoms. The van der Waals surface area contributed by atoms with Crippen molar-refractivity contribution in [1.29, 1.82) is 0 Å². The Morgan fingerprint density at radius 2 is 2.29 bits per heavy atom. The number of carboxylic acid groups (broad SMARTS) is 1. The Bertz CT molecular complexity index is 588. The second kappa shape index (κ2) is 5.05. The van der Waals surface area contributed by atoms with Crippen LogP contribution in [0.1, 0.15) is 5.56 Å². The summed E-state index contributed by atoms with van der Waals surface area (Å²) in [6, 6.07) is 5.32. The molecule has 0 saturated heterocycles. The van der Waals surface area contributed by atoms with E-state index in [1.807, 2.05) is 6.07 Å². The highest BCUT2D eigenvalue weighted by molar-refractivity contribution is 14.1. The van der Waals surface area contributed by atoms with E-state index in [1.54, 1.807) is 18.3 Å². The van der Waals surface area contributed by atoms with Crippen molar-refractivity contribution in [2.24, 2.45) is 0 Å². The van der Waals surface area contributed by atoms with Gasteiger partial charge in [0.25, 0.3) is 0 Å². The van der Waals surface area contributed by atoms with Crippen LogP contribution in [0.5, 0.6) is 5.75 Å². The maximum absolute atomic E-state index is 10.6. The van der Waals surface area contributed by atoms with Crippen molar-refractivity contribution in [2.45, 2.75) is 4.43 Å². The van der Waals surface area contributed by atoms with E-state index in [2.05, 4.69) is 32.3 Å². The van der Waals surface area contributed by atoms with Crippen LogP contribution in [0.2, 0.25) is 5.02 Å². The lowest BCUT2D eigenvalue weighted by molar-refractivity contribution is 0.145. The van der Waals surface area contributed by atoms with Gasteiger partial charge in [0.2, 0.25) is 0 Å². The van der Waals surface area contributed by atoms with Gasteiger partial charge in [0.1, 0.15) is 5.52 Å². The highest BCUT2D eigenvalue weighted by Gasteiger charge is 2.12. The van der Waals surface area contributed by atoms with Crippen LogP contribution >= 0.6 is 34.2 Å². The largest absolute Gasteiger partial charge is 0.511 e. The van der Waals surface area contributed by atoms with Crippen LogP contribution in [-0.2, 0) is 4.43 Å². The minimum atomic E-state index is -1.40. The summed E-state index contributed by atoms with van der Waals surface area (Å²) in [5, 5.41) is 9.68. The van der Waals surface area contributed by atoms with Crippen molar-refractivity contribution in [1.82, 2.24) is 4.98 Å². The monoisotopic (exact) mass is 363 g/mol. The summed E-state index contributed by atoms with van der Waals surface area (Å²) in [7, 11) is 0. The molecular formula is C11H7ClINO3. The van der Waals surface area contributed by atoms with Gasteiger partial charge < -0.3 is 9.84 Å². The third-order valence-electron chi connectivity index (χ3n) is 2.16. The third kappa shape index (κ3) is 2.61. The number of carbonyl (C=O) groups is 1. The van der Waals surface area contributed by atoms with E-state index in [-0.39, 0.29) is 10.8 Å². The van der Waals surface area contributed by atoms with E-state index in [0.29, 0.717) is 5.52 Å². The number of hydrogen-bond acceptors (Lipinski definition) is 3. The van der Waals surface area contributed by atoms with Gasteiger partial charge in [0, 0.05) is 16.0 Å². The molecule has 0 aliphatic carbocycles. The number of nitrogens with zero attached hydrogens (tertiary/aromatic N) is 1. The average molecular weight is 364 g/mol. The van der Waals surface area contributed by atoms with Crippen molar-refractivity contribution in [3.8, 4) is 5.75 Å². The predicted molar refractivity (Wildman–Crippen MR) is 73.1 cm³/mol. The molecule has 2 rings (SSSR count). The molecule has 1 N–H and O–H groups in total. The van der Waals surface area contributed by atoms with Gasteiger partial charge in [0.05, 0.1) is 5.02 Å². The minimum absolute atomic E-state index is 0.0803. The fourth-order valence-electron chi connectivity index (χ4n) is 1.45. The summed E-state index contributed by atoms with van der Waals surface area (Å²) in [6.45, 7) is 0. The maximum atomic E-state index is 10.6. The first-order valence-electron chi connectivity index (χ1n) is 4.65. The Labute approximate surface area is 116 Å².